The van der Waals surface area contributed by atoms with Crippen LogP contribution in [-0.2, 0) is 22.6 Å². The zero-order valence-electron chi connectivity index (χ0n) is 24.0. The van der Waals surface area contributed by atoms with Gasteiger partial charge in [0.2, 0.25) is 5.91 Å². The zero-order chi connectivity index (χ0) is 29.4. The summed E-state index contributed by atoms with van der Waals surface area (Å²) in [5, 5.41) is 12.6. The van der Waals surface area contributed by atoms with Gasteiger partial charge in [-0.1, -0.05) is 31.2 Å². The molecular weight excluding hydrogens is 523 g/mol. The van der Waals surface area contributed by atoms with E-state index in [4.69, 9.17) is 14.6 Å². The molecule has 1 saturated heterocycles. The number of amides is 1. The molecule has 0 radical (unpaired) electrons. The van der Waals surface area contributed by atoms with Crippen LogP contribution in [0.15, 0.2) is 60.7 Å². The predicted molar refractivity (Wildman–Crippen MR) is 158 cm³/mol. The minimum atomic E-state index is -0.875. The van der Waals surface area contributed by atoms with Crippen molar-refractivity contribution in [2.24, 2.45) is 5.41 Å². The summed E-state index contributed by atoms with van der Waals surface area (Å²) in [6.45, 7) is 8.94. The second-order valence-corrected chi connectivity index (χ2v) is 10.5. The van der Waals surface area contributed by atoms with Crippen molar-refractivity contribution in [3.8, 4) is 22.6 Å². The van der Waals surface area contributed by atoms with Gasteiger partial charge in [0, 0.05) is 25.2 Å². The number of anilines is 1. The molecule has 2 N–H and O–H groups in total. The molecule has 3 aromatic carbocycles. The van der Waals surface area contributed by atoms with Gasteiger partial charge in [-0.2, -0.15) is 0 Å². The number of carbonyl (C=O) groups is 2. The summed E-state index contributed by atoms with van der Waals surface area (Å²) in [6.07, 6.45) is 2.17. The number of carbonyl (C=O) groups excluding carboxylic acids is 1. The average Bonchev–Trinajstić information content (AvgIpc) is 3.29. The molecule has 1 amide bonds. The molecule has 41 heavy (non-hydrogen) atoms. The van der Waals surface area contributed by atoms with Gasteiger partial charge >= 0.3 is 5.97 Å². The monoisotopic (exact) mass is 562 g/mol. The second kappa shape index (κ2) is 13.6. The van der Waals surface area contributed by atoms with Crippen molar-refractivity contribution < 1.29 is 28.6 Å². The Hall–Kier alpha value is -3.91. The molecule has 0 aromatic heterocycles. The molecule has 1 fully saturated rings. The molecular formula is C33H39FN2O5. The van der Waals surface area contributed by atoms with Gasteiger partial charge in [-0.15, -0.1) is 0 Å². The summed E-state index contributed by atoms with van der Waals surface area (Å²) in [4.78, 5) is 25.8. The Morgan fingerprint density at radius 1 is 0.976 bits per heavy atom. The quantitative estimate of drug-likeness (QED) is 0.227. The van der Waals surface area contributed by atoms with Crippen molar-refractivity contribution in [1.82, 2.24) is 5.32 Å². The van der Waals surface area contributed by atoms with Crippen LogP contribution in [0.2, 0.25) is 0 Å². The number of nitrogens with zero attached hydrogens (tertiary/aromatic N) is 1. The lowest BCUT2D eigenvalue weighted by Gasteiger charge is -2.28. The summed E-state index contributed by atoms with van der Waals surface area (Å²) in [5.41, 5.74) is 4.03. The molecule has 7 nitrogen and oxygen atoms in total. The first-order valence-corrected chi connectivity index (χ1v) is 14.3. The fourth-order valence-corrected chi connectivity index (χ4v) is 5.45. The van der Waals surface area contributed by atoms with E-state index in [1.54, 1.807) is 24.3 Å². The van der Waals surface area contributed by atoms with Crippen LogP contribution in [0.25, 0.3) is 11.1 Å². The minimum Gasteiger partial charge on any atom is -0.493 e. The Morgan fingerprint density at radius 2 is 1.61 bits per heavy atom. The molecule has 1 aliphatic rings. The van der Waals surface area contributed by atoms with E-state index in [-0.39, 0.29) is 23.6 Å². The molecule has 1 heterocycles. The van der Waals surface area contributed by atoms with E-state index in [1.807, 2.05) is 43.0 Å². The smallest absolute Gasteiger partial charge is 0.307 e. The molecule has 3 aromatic rings. The summed E-state index contributed by atoms with van der Waals surface area (Å²) in [5.74, 6) is 0.309. The van der Waals surface area contributed by atoms with E-state index in [0.717, 1.165) is 41.8 Å². The Labute approximate surface area is 241 Å². The van der Waals surface area contributed by atoms with E-state index in [9.17, 15) is 14.0 Å². The summed E-state index contributed by atoms with van der Waals surface area (Å²) >= 11 is 0. The number of benzene rings is 3. The highest BCUT2D eigenvalue weighted by molar-refractivity contribution is 5.96. The van der Waals surface area contributed by atoms with Gasteiger partial charge in [-0.05, 0) is 91.7 Å². The van der Waals surface area contributed by atoms with Crippen molar-refractivity contribution in [3.63, 3.8) is 0 Å². The maximum Gasteiger partial charge on any atom is 0.307 e. The van der Waals surface area contributed by atoms with Crippen LogP contribution in [0, 0.1) is 11.2 Å². The van der Waals surface area contributed by atoms with E-state index < -0.39 is 5.97 Å². The number of aliphatic carboxylic acids is 1. The van der Waals surface area contributed by atoms with Crippen LogP contribution < -0.4 is 19.7 Å². The van der Waals surface area contributed by atoms with Crippen molar-refractivity contribution >= 4 is 17.6 Å². The van der Waals surface area contributed by atoms with Crippen molar-refractivity contribution in [1.29, 1.82) is 0 Å². The number of carboxylic acids is 1. The SMILES string of the molecule is CCOc1cc(CNCCC2(CC)CC(=O)N(c3ccc(CC(=O)O)cc3)C2)cc(OCC)c1-c1ccc(F)cc1. The molecule has 1 atom stereocenters. The minimum absolute atomic E-state index is 0.0358. The largest absolute Gasteiger partial charge is 0.493 e. The number of rotatable bonds is 14. The highest BCUT2D eigenvalue weighted by Gasteiger charge is 2.41. The first-order valence-electron chi connectivity index (χ1n) is 14.3. The zero-order valence-corrected chi connectivity index (χ0v) is 24.0. The van der Waals surface area contributed by atoms with Crippen LogP contribution in [-0.4, -0.2) is 43.3 Å². The summed E-state index contributed by atoms with van der Waals surface area (Å²) in [7, 11) is 0. The molecule has 218 valence electrons. The lowest BCUT2D eigenvalue weighted by molar-refractivity contribution is -0.136. The predicted octanol–water partition coefficient (Wildman–Crippen LogP) is 6.23. The lowest BCUT2D eigenvalue weighted by atomic mass is 9.81. The van der Waals surface area contributed by atoms with Gasteiger partial charge in [0.15, 0.2) is 0 Å². The molecule has 0 bridgehead atoms. The topological polar surface area (TPSA) is 88.1 Å². The number of halogens is 1. The number of hydrogen-bond donors (Lipinski definition) is 2. The first-order chi connectivity index (χ1) is 19.8. The van der Waals surface area contributed by atoms with Gasteiger partial charge in [0.25, 0.3) is 0 Å². The first kappa shape index (κ1) is 30.1. The van der Waals surface area contributed by atoms with Crippen LogP contribution in [0.1, 0.15) is 51.2 Å². The molecule has 1 aliphatic heterocycles. The number of hydrogen-bond acceptors (Lipinski definition) is 5. The normalized spacial score (nSPS) is 16.7. The standard InChI is InChI=1S/C33H39FN2O5/c1-4-33(20-30(37)36(22-33)27-13-7-23(8-14-27)19-31(38)39)15-16-35-21-24-17-28(40-5-2)32(29(18-24)41-6-3)25-9-11-26(34)12-10-25/h7-14,17-18,35H,4-6,15-16,19-22H2,1-3H3,(H,38,39). The Kier molecular flexibility index (Phi) is 10.00. The van der Waals surface area contributed by atoms with Gasteiger partial charge < -0.3 is 24.8 Å². The molecule has 0 spiro atoms. The number of carboxylic acid groups (broad SMARTS) is 1. The molecule has 0 saturated carbocycles. The maximum atomic E-state index is 13.6. The van der Waals surface area contributed by atoms with Crippen molar-refractivity contribution in [2.75, 3.05) is 31.2 Å². The third kappa shape index (κ3) is 7.44. The Bertz CT molecular complexity index is 1320. The molecule has 4 rings (SSSR count). The number of ether oxygens (including phenoxy) is 2. The lowest BCUT2D eigenvalue weighted by Crippen LogP contribution is -2.31. The highest BCUT2D eigenvalue weighted by Crippen LogP contribution is 2.41. The third-order valence-electron chi connectivity index (χ3n) is 7.69. The second-order valence-electron chi connectivity index (χ2n) is 10.5. The van der Waals surface area contributed by atoms with Gasteiger partial charge in [-0.25, -0.2) is 4.39 Å². The van der Waals surface area contributed by atoms with Crippen LogP contribution in [0.3, 0.4) is 0 Å². The van der Waals surface area contributed by atoms with Crippen molar-refractivity contribution in [3.05, 3.63) is 77.6 Å². The van der Waals surface area contributed by atoms with Gasteiger partial charge in [0.05, 0.1) is 25.2 Å². The van der Waals surface area contributed by atoms with Crippen LogP contribution >= 0.6 is 0 Å². The molecule has 8 heteroatoms. The number of nitrogens with one attached hydrogen (secondary N) is 1. The fraction of sp³-hybridized carbons (Fsp3) is 0.394. The average molecular weight is 563 g/mol. The highest BCUT2D eigenvalue weighted by atomic mass is 19.1. The Morgan fingerprint density at radius 3 is 2.17 bits per heavy atom. The fourth-order valence-electron chi connectivity index (χ4n) is 5.45. The molecule has 1 unspecified atom stereocenters. The summed E-state index contributed by atoms with van der Waals surface area (Å²) < 4.78 is 25.6. The van der Waals surface area contributed by atoms with E-state index in [0.29, 0.717) is 49.8 Å². The van der Waals surface area contributed by atoms with E-state index >= 15 is 0 Å². The van der Waals surface area contributed by atoms with Gasteiger partial charge in [-0.3, -0.25) is 9.59 Å². The van der Waals surface area contributed by atoms with E-state index in [1.165, 1.54) is 12.1 Å². The van der Waals surface area contributed by atoms with Gasteiger partial charge in [0.1, 0.15) is 17.3 Å². The van der Waals surface area contributed by atoms with Crippen LogP contribution in [0.5, 0.6) is 11.5 Å². The summed E-state index contributed by atoms with van der Waals surface area (Å²) in [6, 6.07) is 17.6. The third-order valence-corrected chi connectivity index (χ3v) is 7.69. The van der Waals surface area contributed by atoms with Crippen molar-refractivity contribution in [2.45, 2.75) is 53.0 Å². The van der Waals surface area contributed by atoms with E-state index in [2.05, 4.69) is 12.2 Å². The Balaban J connectivity index is 1.42. The molecule has 0 aliphatic carbocycles. The van der Waals surface area contributed by atoms with Crippen LogP contribution in [0.4, 0.5) is 10.1 Å². The maximum absolute atomic E-state index is 13.6.